The number of nitrogens with zero attached hydrogens (tertiary/aromatic N) is 1. The average molecular weight is 602 g/mol. The van der Waals surface area contributed by atoms with Gasteiger partial charge >= 0.3 is 0 Å². The first kappa shape index (κ1) is 26.0. The quantitative estimate of drug-likeness (QED) is 0.201. The first-order chi connectivity index (χ1) is 23.3. The van der Waals surface area contributed by atoms with Gasteiger partial charge in [0.15, 0.2) is 0 Å². The van der Waals surface area contributed by atoms with E-state index in [0.29, 0.717) is 0 Å². The zero-order valence-corrected chi connectivity index (χ0v) is 25.4. The van der Waals surface area contributed by atoms with Crippen LogP contribution in [0.25, 0.3) is 76.5 Å². The van der Waals surface area contributed by atoms with Gasteiger partial charge in [-0.25, -0.2) is 0 Å². The van der Waals surface area contributed by atoms with Crippen molar-refractivity contribution in [2.45, 2.75) is 0 Å². The number of benzene rings is 8. The maximum atomic E-state index is 6.56. The Bertz CT molecular complexity index is 2810. The van der Waals surface area contributed by atoms with Gasteiger partial charge in [-0.3, -0.25) is 0 Å². The molecule has 8 aromatic carbocycles. The van der Waals surface area contributed by atoms with Crippen LogP contribution in [0.1, 0.15) is 0 Å². The van der Waals surface area contributed by atoms with Gasteiger partial charge in [-0.05, 0) is 70.3 Å². The predicted octanol–water partition coefficient (Wildman–Crippen LogP) is 12.9. The van der Waals surface area contributed by atoms with E-state index in [2.05, 4.69) is 157 Å². The van der Waals surface area contributed by atoms with E-state index in [9.17, 15) is 0 Å². The van der Waals surface area contributed by atoms with E-state index in [4.69, 9.17) is 8.83 Å². The minimum absolute atomic E-state index is 0.858. The highest BCUT2D eigenvalue weighted by atomic mass is 16.3. The Morgan fingerprint density at radius 3 is 2.00 bits per heavy atom. The Hall–Kier alpha value is -6.32. The van der Waals surface area contributed by atoms with Crippen LogP contribution in [-0.2, 0) is 0 Å². The largest absolute Gasteiger partial charge is 0.456 e. The second-order valence-corrected chi connectivity index (χ2v) is 12.1. The summed E-state index contributed by atoms with van der Waals surface area (Å²) in [6.45, 7) is 0. The number of anilines is 3. The fraction of sp³-hybridized carbons (Fsp3) is 0. The predicted molar refractivity (Wildman–Crippen MR) is 196 cm³/mol. The molecule has 0 amide bonds. The molecule has 2 aromatic heterocycles. The fourth-order valence-electron chi connectivity index (χ4n) is 7.26. The lowest BCUT2D eigenvalue weighted by Gasteiger charge is -2.28. The van der Waals surface area contributed by atoms with Gasteiger partial charge < -0.3 is 13.7 Å². The van der Waals surface area contributed by atoms with E-state index in [1.807, 2.05) is 12.1 Å². The number of fused-ring (bicyclic) bond motifs is 10. The second kappa shape index (κ2) is 10.1. The minimum atomic E-state index is 0.858. The average Bonchev–Trinajstić information content (AvgIpc) is 3.71. The van der Waals surface area contributed by atoms with Crippen LogP contribution in [0.15, 0.2) is 173 Å². The molecular weight excluding hydrogens is 574 g/mol. The third-order valence-electron chi connectivity index (χ3n) is 9.44. The van der Waals surface area contributed by atoms with Crippen LogP contribution < -0.4 is 4.90 Å². The standard InChI is InChI=1S/C44H27NO2/c1-2-10-28(11-3-1)33-13-6-8-16-39(33)45(31-21-18-30-19-23-36-35-15-7-9-17-40(35)47-44(36)38(30)26-31)32-22-24-37-42(27-32)46-41-25-20-29-12-4-5-14-34(29)43(37)41/h1-27H. The highest BCUT2D eigenvalue weighted by Gasteiger charge is 2.20. The van der Waals surface area contributed by atoms with Crippen molar-refractivity contribution in [1.82, 2.24) is 0 Å². The molecule has 0 fully saturated rings. The first-order valence-corrected chi connectivity index (χ1v) is 15.9. The maximum absolute atomic E-state index is 6.56. The van der Waals surface area contributed by atoms with Crippen LogP contribution in [0.3, 0.4) is 0 Å². The monoisotopic (exact) mass is 601 g/mol. The highest BCUT2D eigenvalue weighted by molar-refractivity contribution is 6.19. The van der Waals surface area contributed by atoms with Gasteiger partial charge in [-0.15, -0.1) is 0 Å². The van der Waals surface area contributed by atoms with Crippen LogP contribution in [0.2, 0.25) is 0 Å². The second-order valence-electron chi connectivity index (χ2n) is 12.1. The van der Waals surface area contributed by atoms with Gasteiger partial charge in [0.2, 0.25) is 0 Å². The molecule has 3 nitrogen and oxygen atoms in total. The number of rotatable bonds is 4. The normalized spacial score (nSPS) is 11.8. The van der Waals surface area contributed by atoms with Crippen molar-refractivity contribution in [3.05, 3.63) is 164 Å². The van der Waals surface area contributed by atoms with Crippen molar-refractivity contribution >= 4 is 82.5 Å². The van der Waals surface area contributed by atoms with Gasteiger partial charge in [0, 0.05) is 49.9 Å². The van der Waals surface area contributed by atoms with Crippen LogP contribution in [0.4, 0.5) is 17.1 Å². The molecule has 0 aliphatic heterocycles. The molecule has 3 heteroatoms. The lowest BCUT2D eigenvalue weighted by molar-refractivity contribution is 0.669. The van der Waals surface area contributed by atoms with Crippen molar-refractivity contribution in [2.24, 2.45) is 0 Å². The van der Waals surface area contributed by atoms with Gasteiger partial charge in [-0.1, -0.05) is 109 Å². The van der Waals surface area contributed by atoms with E-state index in [0.717, 1.165) is 82.8 Å². The third kappa shape index (κ3) is 4.00. The minimum Gasteiger partial charge on any atom is -0.456 e. The molecule has 0 radical (unpaired) electrons. The van der Waals surface area contributed by atoms with Crippen molar-refractivity contribution < 1.29 is 8.83 Å². The molecule has 10 aromatic rings. The Kier molecular flexibility index (Phi) is 5.57. The van der Waals surface area contributed by atoms with E-state index in [1.54, 1.807) is 0 Å². The molecule has 47 heavy (non-hydrogen) atoms. The Morgan fingerprint density at radius 1 is 0.383 bits per heavy atom. The van der Waals surface area contributed by atoms with E-state index in [1.165, 1.54) is 10.8 Å². The number of furan rings is 2. The molecule has 0 saturated carbocycles. The highest BCUT2D eigenvalue weighted by Crippen LogP contribution is 2.45. The van der Waals surface area contributed by atoms with Crippen LogP contribution >= 0.6 is 0 Å². The van der Waals surface area contributed by atoms with Gasteiger partial charge in [0.25, 0.3) is 0 Å². The molecule has 0 aliphatic rings. The first-order valence-electron chi connectivity index (χ1n) is 15.9. The summed E-state index contributed by atoms with van der Waals surface area (Å²) in [5.74, 6) is 0. The van der Waals surface area contributed by atoms with Gasteiger partial charge in [0.1, 0.15) is 22.3 Å². The summed E-state index contributed by atoms with van der Waals surface area (Å²) in [6.07, 6.45) is 0. The van der Waals surface area contributed by atoms with Crippen LogP contribution in [0, 0.1) is 0 Å². The number of hydrogen-bond donors (Lipinski definition) is 0. The summed E-state index contributed by atoms with van der Waals surface area (Å²) < 4.78 is 13.1. The summed E-state index contributed by atoms with van der Waals surface area (Å²) in [5, 5.41) is 9.14. The molecule has 0 saturated heterocycles. The van der Waals surface area contributed by atoms with E-state index < -0.39 is 0 Å². The van der Waals surface area contributed by atoms with E-state index in [-0.39, 0.29) is 0 Å². The molecule has 10 rings (SSSR count). The molecule has 0 N–H and O–H groups in total. The SMILES string of the molecule is c1ccc(-c2ccccc2N(c2ccc3c(c2)oc2ccc4ccccc4c23)c2ccc3ccc4c5ccccc5oc4c3c2)cc1. The summed E-state index contributed by atoms with van der Waals surface area (Å²) in [7, 11) is 0. The summed E-state index contributed by atoms with van der Waals surface area (Å²) in [4.78, 5) is 2.34. The molecule has 0 aliphatic carbocycles. The van der Waals surface area contributed by atoms with E-state index >= 15 is 0 Å². The molecule has 0 unspecified atom stereocenters. The van der Waals surface area contributed by atoms with Crippen LogP contribution in [-0.4, -0.2) is 0 Å². The Morgan fingerprint density at radius 2 is 1.06 bits per heavy atom. The van der Waals surface area contributed by atoms with Crippen molar-refractivity contribution in [1.29, 1.82) is 0 Å². The maximum Gasteiger partial charge on any atom is 0.143 e. The topological polar surface area (TPSA) is 29.5 Å². The van der Waals surface area contributed by atoms with Gasteiger partial charge in [-0.2, -0.15) is 0 Å². The lowest BCUT2D eigenvalue weighted by atomic mass is 10.0. The fourth-order valence-corrected chi connectivity index (χ4v) is 7.26. The summed E-state index contributed by atoms with van der Waals surface area (Å²) in [5.41, 5.74) is 8.99. The molecule has 0 spiro atoms. The summed E-state index contributed by atoms with van der Waals surface area (Å²) >= 11 is 0. The molecule has 220 valence electrons. The molecule has 2 heterocycles. The van der Waals surface area contributed by atoms with Crippen molar-refractivity contribution in [3.8, 4) is 11.1 Å². The molecular formula is C44H27NO2. The zero-order valence-electron chi connectivity index (χ0n) is 25.4. The zero-order chi connectivity index (χ0) is 30.9. The Labute approximate surface area is 270 Å². The number of para-hydroxylation sites is 2. The van der Waals surface area contributed by atoms with Crippen LogP contribution in [0.5, 0.6) is 0 Å². The smallest absolute Gasteiger partial charge is 0.143 e. The molecule has 0 bridgehead atoms. The van der Waals surface area contributed by atoms with Gasteiger partial charge in [0.05, 0.1) is 5.69 Å². The lowest BCUT2D eigenvalue weighted by Crippen LogP contribution is -2.11. The third-order valence-corrected chi connectivity index (χ3v) is 9.44. The van der Waals surface area contributed by atoms with Crippen molar-refractivity contribution in [2.75, 3.05) is 4.90 Å². The number of hydrogen-bond acceptors (Lipinski definition) is 3. The van der Waals surface area contributed by atoms with Crippen molar-refractivity contribution in [3.63, 3.8) is 0 Å². The Balaban J connectivity index is 1.24. The summed E-state index contributed by atoms with van der Waals surface area (Å²) in [6, 6.07) is 57.8. The molecule has 0 atom stereocenters.